The molecule has 0 bridgehead atoms. The monoisotopic (exact) mass is 488 g/mol. The van der Waals surface area contributed by atoms with Crippen LogP contribution in [0.2, 0.25) is 0 Å². The molecule has 0 atom stereocenters. The van der Waals surface area contributed by atoms with Crippen LogP contribution in [0.4, 0.5) is 5.69 Å². The second-order valence-electron chi connectivity index (χ2n) is 7.81. The number of nitrogens with zero attached hydrogens (tertiary/aromatic N) is 3. The van der Waals surface area contributed by atoms with Gasteiger partial charge in [0.05, 0.1) is 26.3 Å². The van der Waals surface area contributed by atoms with Gasteiger partial charge < -0.3 is 25.1 Å². The summed E-state index contributed by atoms with van der Waals surface area (Å²) in [5.41, 5.74) is 7.30. The van der Waals surface area contributed by atoms with E-state index in [1.807, 2.05) is 24.3 Å². The third kappa shape index (κ3) is 5.27. The molecule has 0 saturated heterocycles. The molecule has 0 aliphatic rings. The quantitative estimate of drug-likeness (QED) is 0.254. The molecule has 3 aromatic carbocycles. The van der Waals surface area contributed by atoms with Crippen LogP contribution in [0, 0.1) is 0 Å². The van der Waals surface area contributed by atoms with Gasteiger partial charge in [-0.3, -0.25) is 4.79 Å². The lowest BCUT2D eigenvalue weighted by Crippen LogP contribution is -2.16. The van der Waals surface area contributed by atoms with Crippen LogP contribution in [0.25, 0.3) is 0 Å². The lowest BCUT2D eigenvalue weighted by atomic mass is 10.0. The van der Waals surface area contributed by atoms with Crippen LogP contribution in [-0.2, 0) is 13.2 Å². The zero-order valence-electron chi connectivity index (χ0n) is 19.7. The number of nitrogens with two attached hydrogens (primary N) is 1. The molecule has 0 spiro atoms. The molecular weight excluding hydrogens is 464 g/mol. The zero-order chi connectivity index (χ0) is 25.7. The molecule has 0 aliphatic heterocycles. The smallest absolute Gasteiger partial charge is 0.356 e. The van der Waals surface area contributed by atoms with E-state index in [-0.39, 0.29) is 35.8 Å². The minimum Gasteiger partial charge on any atom is -0.497 e. The Morgan fingerprint density at radius 2 is 1.47 bits per heavy atom. The van der Waals surface area contributed by atoms with Crippen molar-refractivity contribution >= 4 is 17.4 Å². The van der Waals surface area contributed by atoms with Gasteiger partial charge in [0.1, 0.15) is 23.9 Å². The van der Waals surface area contributed by atoms with E-state index in [1.54, 1.807) is 44.6 Å². The van der Waals surface area contributed by atoms with Crippen LogP contribution in [0.5, 0.6) is 17.2 Å². The van der Waals surface area contributed by atoms with Gasteiger partial charge >= 0.3 is 5.97 Å². The Kier molecular flexibility index (Phi) is 7.15. The van der Waals surface area contributed by atoms with Gasteiger partial charge in [0.15, 0.2) is 11.4 Å². The Morgan fingerprint density at radius 1 is 0.889 bits per heavy atom. The van der Waals surface area contributed by atoms with Crippen LogP contribution in [0.3, 0.4) is 0 Å². The number of benzene rings is 3. The molecule has 0 radical (unpaired) electrons. The highest BCUT2D eigenvalue weighted by Gasteiger charge is 2.27. The van der Waals surface area contributed by atoms with Crippen LogP contribution >= 0.6 is 0 Å². The van der Waals surface area contributed by atoms with Gasteiger partial charge in [0, 0.05) is 5.69 Å². The molecule has 10 nitrogen and oxygen atoms in total. The predicted molar refractivity (Wildman–Crippen MR) is 131 cm³/mol. The molecule has 4 aromatic rings. The fourth-order valence-electron chi connectivity index (χ4n) is 3.53. The van der Waals surface area contributed by atoms with Crippen molar-refractivity contribution < 1.29 is 28.9 Å². The molecular formula is C26H24N4O6. The van der Waals surface area contributed by atoms with Crippen LogP contribution < -0.4 is 19.9 Å². The summed E-state index contributed by atoms with van der Waals surface area (Å²) in [5.74, 6) is -0.210. The van der Waals surface area contributed by atoms with Crippen molar-refractivity contribution in [1.29, 1.82) is 0 Å². The predicted octanol–water partition coefficient (Wildman–Crippen LogP) is 3.43. The molecule has 10 heteroatoms. The number of hydrogen-bond acceptors (Lipinski definition) is 8. The van der Waals surface area contributed by atoms with Crippen molar-refractivity contribution in [2.75, 3.05) is 20.0 Å². The summed E-state index contributed by atoms with van der Waals surface area (Å²) < 4.78 is 17.3. The fraction of sp³-hybridized carbons (Fsp3) is 0.154. The molecule has 0 amide bonds. The third-order valence-corrected chi connectivity index (χ3v) is 5.48. The molecule has 184 valence electrons. The van der Waals surface area contributed by atoms with Gasteiger partial charge in [-0.15, -0.1) is 5.10 Å². The lowest BCUT2D eigenvalue weighted by molar-refractivity contribution is 0.0679. The van der Waals surface area contributed by atoms with Crippen molar-refractivity contribution in [3.05, 3.63) is 94.8 Å². The molecule has 0 aliphatic carbocycles. The number of carbonyl (C=O) groups is 2. The highest BCUT2D eigenvalue weighted by Crippen LogP contribution is 2.25. The van der Waals surface area contributed by atoms with Gasteiger partial charge in [-0.1, -0.05) is 29.5 Å². The van der Waals surface area contributed by atoms with Crippen LogP contribution in [0.15, 0.2) is 66.7 Å². The van der Waals surface area contributed by atoms with Crippen LogP contribution in [0.1, 0.15) is 37.7 Å². The molecule has 1 aromatic heterocycles. The van der Waals surface area contributed by atoms with E-state index in [2.05, 4.69) is 10.3 Å². The topological polar surface area (TPSA) is 139 Å². The second-order valence-corrected chi connectivity index (χ2v) is 7.81. The van der Waals surface area contributed by atoms with E-state index in [4.69, 9.17) is 19.9 Å². The minimum atomic E-state index is -1.33. The average molecular weight is 489 g/mol. The minimum absolute atomic E-state index is 0.0706. The third-order valence-electron chi connectivity index (χ3n) is 5.48. The molecule has 0 fully saturated rings. The first kappa shape index (κ1) is 24.3. The normalized spacial score (nSPS) is 10.6. The maximum Gasteiger partial charge on any atom is 0.356 e. The summed E-state index contributed by atoms with van der Waals surface area (Å²) in [6, 6.07) is 19.0. The van der Waals surface area contributed by atoms with Gasteiger partial charge in [-0.2, -0.15) is 0 Å². The van der Waals surface area contributed by atoms with E-state index in [0.29, 0.717) is 11.5 Å². The number of carboxylic acids is 1. The number of aromatic carboxylic acids is 1. The number of carbonyl (C=O) groups excluding carboxylic acids is 1. The highest BCUT2D eigenvalue weighted by atomic mass is 16.5. The van der Waals surface area contributed by atoms with Crippen molar-refractivity contribution in [3.63, 3.8) is 0 Å². The van der Waals surface area contributed by atoms with E-state index in [1.165, 1.54) is 12.1 Å². The Morgan fingerprint density at radius 3 is 2.06 bits per heavy atom. The Balaban J connectivity index is 1.57. The first-order valence-electron chi connectivity index (χ1n) is 10.9. The second kappa shape index (κ2) is 10.6. The maximum absolute atomic E-state index is 13.3. The first-order valence-corrected chi connectivity index (χ1v) is 10.9. The molecule has 4 rings (SSSR count). The summed E-state index contributed by atoms with van der Waals surface area (Å²) in [7, 11) is 3.14. The number of nitrogen functional groups attached to an aromatic ring is 1. The van der Waals surface area contributed by atoms with E-state index in [9.17, 15) is 14.7 Å². The number of methoxy groups -OCH3 is 2. The maximum atomic E-state index is 13.3. The summed E-state index contributed by atoms with van der Waals surface area (Å²) in [4.78, 5) is 25.3. The molecule has 36 heavy (non-hydrogen) atoms. The number of hydrogen-bond donors (Lipinski definition) is 2. The number of ether oxygens (including phenoxy) is 3. The summed E-state index contributed by atoms with van der Waals surface area (Å²) >= 11 is 0. The zero-order valence-corrected chi connectivity index (χ0v) is 19.7. The first-order chi connectivity index (χ1) is 17.4. The molecule has 3 N–H and O–H groups in total. The van der Waals surface area contributed by atoms with Crippen molar-refractivity contribution in [2.24, 2.45) is 0 Å². The molecule has 0 unspecified atom stereocenters. The van der Waals surface area contributed by atoms with Crippen molar-refractivity contribution in [1.82, 2.24) is 15.0 Å². The Bertz CT molecular complexity index is 1380. The number of anilines is 1. The average Bonchev–Trinajstić information content (AvgIpc) is 3.32. The molecule has 0 saturated carbocycles. The summed E-state index contributed by atoms with van der Waals surface area (Å²) in [5, 5.41) is 17.6. The van der Waals surface area contributed by atoms with E-state index >= 15 is 0 Å². The van der Waals surface area contributed by atoms with Gasteiger partial charge in [-0.05, 0) is 53.6 Å². The number of carboxylic acid groups (broad SMARTS) is 1. The largest absolute Gasteiger partial charge is 0.497 e. The van der Waals surface area contributed by atoms with E-state index in [0.717, 1.165) is 21.6 Å². The Hall–Kier alpha value is -4.86. The standard InChI is InChI=1S/C26H24N4O6/c1-34-18-7-3-16(4-8-18)14-30-24(26(32)33)23(28-29-30)25(31)21-13-20(11-12-22(21)27)36-15-17-5-9-19(35-2)10-6-17/h3-13H,14-15,27H2,1-2H3,(H,32,33). The number of rotatable bonds is 10. The molecule has 1 heterocycles. The van der Waals surface area contributed by atoms with Gasteiger partial charge in [0.25, 0.3) is 0 Å². The van der Waals surface area contributed by atoms with Crippen molar-refractivity contribution in [2.45, 2.75) is 13.2 Å². The van der Waals surface area contributed by atoms with Gasteiger partial charge in [-0.25, -0.2) is 9.48 Å². The SMILES string of the molecule is COc1ccc(COc2ccc(N)c(C(=O)c3nnn(Cc4ccc(OC)cc4)c3C(=O)O)c2)cc1. The summed E-state index contributed by atoms with van der Waals surface area (Å²) in [6.45, 7) is 0.354. The lowest BCUT2D eigenvalue weighted by Gasteiger charge is -2.10. The highest BCUT2D eigenvalue weighted by molar-refractivity contribution is 6.15. The Labute approximate surface area is 206 Å². The van der Waals surface area contributed by atoms with E-state index < -0.39 is 11.8 Å². The van der Waals surface area contributed by atoms with Crippen molar-refractivity contribution in [3.8, 4) is 17.2 Å². The number of ketones is 1. The van der Waals surface area contributed by atoms with Gasteiger partial charge in [0.2, 0.25) is 5.78 Å². The number of aromatic nitrogens is 3. The van der Waals surface area contributed by atoms with Crippen LogP contribution in [-0.4, -0.2) is 46.1 Å². The fourth-order valence-corrected chi connectivity index (χ4v) is 3.53. The summed E-state index contributed by atoms with van der Waals surface area (Å²) in [6.07, 6.45) is 0.